The number of aryl methyl sites for hydroxylation is 1. The number of carbonyl (C=O) groups is 1. The Hall–Kier alpha value is -2.97. The highest BCUT2D eigenvalue weighted by Crippen LogP contribution is 2.22. The number of amides is 1. The number of hydrogen-bond acceptors (Lipinski definition) is 4. The fraction of sp³-hybridized carbons (Fsp3) is 0.381. The Kier molecular flexibility index (Phi) is 6.79. The molecule has 0 spiro atoms. The first kappa shape index (κ1) is 20.8. The molecule has 0 aliphatic carbocycles. The van der Waals surface area contributed by atoms with E-state index in [1.165, 1.54) is 27.0 Å². The van der Waals surface area contributed by atoms with Gasteiger partial charge in [-0.05, 0) is 25.1 Å². The molecule has 0 radical (unpaired) electrons. The molecule has 0 aromatic heterocycles. The van der Waals surface area contributed by atoms with Gasteiger partial charge in [0, 0.05) is 11.6 Å². The van der Waals surface area contributed by atoms with Crippen LogP contribution in [0.3, 0.4) is 0 Å². The van der Waals surface area contributed by atoms with Crippen LogP contribution in [0.25, 0.3) is 0 Å². The first-order valence-corrected chi connectivity index (χ1v) is 9.80. The summed E-state index contributed by atoms with van der Waals surface area (Å²) in [5.74, 6) is 0.722. The van der Waals surface area contributed by atoms with Gasteiger partial charge in [-0.1, -0.05) is 23.8 Å². The summed E-state index contributed by atoms with van der Waals surface area (Å²) in [5.41, 5.74) is 2.59. The van der Waals surface area contributed by atoms with Crippen molar-refractivity contribution >= 4 is 17.3 Å². The lowest BCUT2D eigenvalue weighted by Gasteiger charge is -2.29. The van der Waals surface area contributed by atoms with Gasteiger partial charge in [-0.3, -0.25) is 14.9 Å². The zero-order valence-corrected chi connectivity index (χ0v) is 16.9. The molecule has 8 heteroatoms. The smallest absolute Gasteiger partial charge is 0.292 e. The van der Waals surface area contributed by atoms with E-state index in [0.717, 1.165) is 38.5 Å². The number of para-hydroxylation sites is 2. The van der Waals surface area contributed by atoms with Gasteiger partial charge in [0.15, 0.2) is 6.54 Å². The number of nitrogens with one attached hydrogen (secondary N) is 3. The molecule has 29 heavy (non-hydrogen) atoms. The maximum absolute atomic E-state index is 12.4. The highest BCUT2D eigenvalue weighted by atomic mass is 16.6. The molecule has 8 nitrogen and oxygen atoms in total. The van der Waals surface area contributed by atoms with Gasteiger partial charge in [-0.15, -0.1) is 0 Å². The second-order valence-corrected chi connectivity index (χ2v) is 7.49. The van der Waals surface area contributed by atoms with Crippen LogP contribution in [-0.4, -0.2) is 50.7 Å². The fourth-order valence-electron chi connectivity index (χ4n) is 3.79. The molecule has 3 rings (SSSR count). The molecule has 1 aliphatic rings. The quantitative estimate of drug-likeness (QED) is 0.445. The summed E-state index contributed by atoms with van der Waals surface area (Å²) in [6.45, 7) is 6.99. The summed E-state index contributed by atoms with van der Waals surface area (Å²) in [7, 11) is 1.70. The van der Waals surface area contributed by atoms with Crippen LogP contribution < -0.4 is 19.9 Å². The number of anilines is 1. The number of piperazine rings is 1. The summed E-state index contributed by atoms with van der Waals surface area (Å²) in [4.78, 5) is 25.6. The number of carbonyl (C=O) groups excluding carboxylic acids is 1. The van der Waals surface area contributed by atoms with Crippen LogP contribution >= 0.6 is 0 Å². The summed E-state index contributed by atoms with van der Waals surface area (Å²) < 4.78 is 5.48. The van der Waals surface area contributed by atoms with E-state index in [1.807, 2.05) is 6.07 Å². The Morgan fingerprint density at radius 3 is 2.52 bits per heavy atom. The molecular weight excluding hydrogens is 372 g/mol. The summed E-state index contributed by atoms with van der Waals surface area (Å²) in [6, 6.07) is 12.5. The van der Waals surface area contributed by atoms with E-state index in [1.54, 1.807) is 25.3 Å². The normalized spacial score (nSPS) is 18.8. The van der Waals surface area contributed by atoms with Gasteiger partial charge >= 0.3 is 0 Å². The van der Waals surface area contributed by atoms with Crippen LogP contribution in [0, 0.1) is 17.0 Å². The Morgan fingerprint density at radius 1 is 1.14 bits per heavy atom. The lowest BCUT2D eigenvalue weighted by Crippen LogP contribution is -3.28. The van der Waals surface area contributed by atoms with Crippen molar-refractivity contribution in [1.29, 1.82) is 0 Å². The Bertz CT molecular complexity index is 879. The minimum atomic E-state index is -0.482. The van der Waals surface area contributed by atoms with Crippen molar-refractivity contribution in [1.82, 2.24) is 0 Å². The molecule has 2 aromatic rings. The molecule has 0 saturated carbocycles. The van der Waals surface area contributed by atoms with E-state index in [-0.39, 0.29) is 17.3 Å². The first-order valence-electron chi connectivity index (χ1n) is 9.80. The number of nitrogens with zero attached hydrogens (tertiary/aromatic N) is 1. The Labute approximate surface area is 170 Å². The zero-order chi connectivity index (χ0) is 20.8. The highest BCUT2D eigenvalue weighted by molar-refractivity contribution is 5.93. The van der Waals surface area contributed by atoms with Gasteiger partial charge in [0.1, 0.15) is 44.2 Å². The monoisotopic (exact) mass is 400 g/mol. The van der Waals surface area contributed by atoms with Gasteiger partial charge in [-0.2, -0.15) is 0 Å². The van der Waals surface area contributed by atoms with Gasteiger partial charge in [0.05, 0.1) is 12.0 Å². The van der Waals surface area contributed by atoms with Gasteiger partial charge in [-0.25, -0.2) is 0 Å². The number of hydrogen-bond donors (Lipinski definition) is 3. The minimum absolute atomic E-state index is 0.0859. The molecule has 0 atom stereocenters. The first-order chi connectivity index (χ1) is 14.0. The largest absolute Gasteiger partial charge is 0.496 e. The van der Waals surface area contributed by atoms with Crippen molar-refractivity contribution in [2.75, 3.05) is 45.2 Å². The summed E-state index contributed by atoms with van der Waals surface area (Å²) in [6.07, 6.45) is 0. The maximum Gasteiger partial charge on any atom is 0.292 e. The maximum atomic E-state index is 12.4. The van der Waals surface area contributed by atoms with Crippen LogP contribution in [0.5, 0.6) is 5.75 Å². The molecule has 3 N–H and O–H groups in total. The molecule has 1 heterocycles. The Morgan fingerprint density at radius 2 is 1.83 bits per heavy atom. The average molecular weight is 400 g/mol. The number of benzene rings is 2. The van der Waals surface area contributed by atoms with Gasteiger partial charge in [0.2, 0.25) is 0 Å². The third-order valence-electron chi connectivity index (χ3n) is 5.33. The van der Waals surface area contributed by atoms with Crippen LogP contribution in [-0.2, 0) is 11.3 Å². The van der Waals surface area contributed by atoms with E-state index in [0.29, 0.717) is 6.54 Å². The molecule has 2 aromatic carbocycles. The molecule has 1 saturated heterocycles. The predicted molar refractivity (Wildman–Crippen MR) is 109 cm³/mol. The number of nitro benzene ring substituents is 1. The standard InChI is InChI=1S/C21H26N4O4/c1-16-7-8-20(29-2)17(13-16)14-23-9-11-24(12-10-23)15-21(26)22-18-5-3-4-6-19(18)25(27)28/h3-8,13H,9-12,14-15H2,1-2H3,(H,22,26)/p+2. The SMILES string of the molecule is COc1ccc(C)cc1C[NH+]1CC[NH+](CC(=O)Nc2ccccc2[N+](=O)[O-])CC1. The van der Waals surface area contributed by atoms with Crippen LogP contribution in [0.4, 0.5) is 11.4 Å². The second-order valence-electron chi connectivity index (χ2n) is 7.49. The van der Waals surface area contributed by atoms with E-state index in [4.69, 9.17) is 4.74 Å². The molecule has 1 amide bonds. The number of ether oxygens (including phenoxy) is 1. The van der Waals surface area contributed by atoms with Crippen molar-refractivity contribution in [3.63, 3.8) is 0 Å². The van der Waals surface area contributed by atoms with Crippen molar-refractivity contribution in [3.8, 4) is 5.75 Å². The molecule has 0 unspecified atom stereocenters. The molecule has 1 aliphatic heterocycles. The number of rotatable bonds is 7. The number of nitro groups is 1. The van der Waals surface area contributed by atoms with E-state index < -0.39 is 4.92 Å². The van der Waals surface area contributed by atoms with E-state index >= 15 is 0 Å². The highest BCUT2D eigenvalue weighted by Gasteiger charge is 2.26. The predicted octanol–water partition coefficient (Wildman–Crippen LogP) is -0.166. The molecule has 154 valence electrons. The Balaban J connectivity index is 1.51. The third-order valence-corrected chi connectivity index (χ3v) is 5.33. The lowest BCUT2D eigenvalue weighted by molar-refractivity contribution is -1.02. The van der Waals surface area contributed by atoms with Crippen molar-refractivity contribution in [3.05, 3.63) is 63.7 Å². The van der Waals surface area contributed by atoms with Gasteiger partial charge < -0.3 is 19.9 Å². The van der Waals surface area contributed by atoms with Crippen molar-refractivity contribution in [2.45, 2.75) is 13.5 Å². The summed E-state index contributed by atoms with van der Waals surface area (Å²) in [5, 5.41) is 13.8. The van der Waals surface area contributed by atoms with E-state index in [2.05, 4.69) is 24.4 Å². The van der Waals surface area contributed by atoms with Crippen LogP contribution in [0.15, 0.2) is 42.5 Å². The van der Waals surface area contributed by atoms with E-state index in [9.17, 15) is 14.9 Å². The lowest BCUT2D eigenvalue weighted by atomic mass is 10.1. The van der Waals surface area contributed by atoms with Crippen LogP contribution in [0.2, 0.25) is 0 Å². The third kappa shape index (κ3) is 5.52. The zero-order valence-electron chi connectivity index (χ0n) is 16.9. The molecule has 1 fully saturated rings. The van der Waals surface area contributed by atoms with Crippen molar-refractivity contribution < 1.29 is 24.3 Å². The number of quaternary nitrogens is 2. The second kappa shape index (κ2) is 9.49. The number of methoxy groups -OCH3 is 1. The van der Waals surface area contributed by atoms with Crippen LogP contribution in [0.1, 0.15) is 11.1 Å². The van der Waals surface area contributed by atoms with Crippen molar-refractivity contribution in [2.24, 2.45) is 0 Å². The minimum Gasteiger partial charge on any atom is -0.496 e. The molecule has 0 bridgehead atoms. The molecular formula is C21H28N4O4+2. The van der Waals surface area contributed by atoms with Gasteiger partial charge in [0.25, 0.3) is 11.6 Å². The average Bonchev–Trinajstić information content (AvgIpc) is 2.70. The fourth-order valence-corrected chi connectivity index (χ4v) is 3.79. The summed E-state index contributed by atoms with van der Waals surface area (Å²) >= 11 is 0. The topological polar surface area (TPSA) is 90.4 Å².